The van der Waals surface area contributed by atoms with Crippen molar-refractivity contribution in [3.63, 3.8) is 0 Å². The monoisotopic (exact) mass is 277 g/mol. The first kappa shape index (κ1) is 13.1. The Balaban J connectivity index is 1.52. The maximum absolute atomic E-state index is 12.2. The van der Waals surface area contributed by atoms with E-state index in [1.807, 2.05) is 0 Å². The molecule has 1 saturated carbocycles. The lowest BCUT2D eigenvalue weighted by atomic mass is 10.0. The Labute approximate surface area is 116 Å². The Bertz CT molecular complexity index is 523. The van der Waals surface area contributed by atoms with Crippen LogP contribution in [-0.2, 0) is 22.6 Å². The van der Waals surface area contributed by atoms with E-state index in [4.69, 9.17) is 0 Å². The molecule has 2 heterocycles. The summed E-state index contributed by atoms with van der Waals surface area (Å²) in [6.07, 6.45) is 4.26. The topological polar surface area (TPSA) is 98.9 Å². The molecule has 1 fully saturated rings. The van der Waals surface area contributed by atoms with Gasteiger partial charge in [0.15, 0.2) is 0 Å². The highest BCUT2D eigenvalue weighted by Gasteiger charge is 2.29. The van der Waals surface area contributed by atoms with Gasteiger partial charge in [-0.3, -0.25) is 14.9 Å². The molecule has 0 bridgehead atoms. The molecular formula is C13H19N5O2. The minimum absolute atomic E-state index is 0.114. The molecule has 2 amide bonds. The van der Waals surface area contributed by atoms with Gasteiger partial charge in [0, 0.05) is 19.0 Å². The van der Waals surface area contributed by atoms with E-state index in [2.05, 4.69) is 25.9 Å². The molecule has 2 aliphatic rings. The molecule has 3 rings (SSSR count). The highest BCUT2D eigenvalue weighted by molar-refractivity contribution is 5.89. The van der Waals surface area contributed by atoms with Gasteiger partial charge < -0.3 is 15.6 Å². The van der Waals surface area contributed by atoms with E-state index in [1.165, 1.54) is 0 Å². The molecule has 7 heteroatoms. The third-order valence-corrected chi connectivity index (χ3v) is 3.72. The van der Waals surface area contributed by atoms with Crippen LogP contribution in [0, 0.1) is 0 Å². The SMILES string of the molecule is CC(NC(=O)C1Cc2nc[nH]c2CN1)C(=O)NC1CC1. The first-order valence-corrected chi connectivity index (χ1v) is 6.98. The number of nitrogens with one attached hydrogen (secondary N) is 4. The van der Waals surface area contributed by atoms with Crippen molar-refractivity contribution >= 4 is 11.8 Å². The summed E-state index contributed by atoms with van der Waals surface area (Å²) in [4.78, 5) is 31.2. The van der Waals surface area contributed by atoms with E-state index in [0.29, 0.717) is 19.0 Å². The summed E-state index contributed by atoms with van der Waals surface area (Å²) in [5, 5.41) is 8.78. The lowest BCUT2D eigenvalue weighted by Crippen LogP contribution is -2.53. The molecule has 1 aliphatic carbocycles. The van der Waals surface area contributed by atoms with Gasteiger partial charge in [0.05, 0.1) is 23.8 Å². The molecular weight excluding hydrogens is 258 g/mol. The van der Waals surface area contributed by atoms with Crippen molar-refractivity contribution in [1.82, 2.24) is 25.9 Å². The van der Waals surface area contributed by atoms with E-state index < -0.39 is 6.04 Å². The zero-order valence-electron chi connectivity index (χ0n) is 11.4. The van der Waals surface area contributed by atoms with Crippen LogP contribution in [0.1, 0.15) is 31.2 Å². The van der Waals surface area contributed by atoms with E-state index in [1.54, 1.807) is 13.3 Å². The highest BCUT2D eigenvalue weighted by atomic mass is 16.2. The lowest BCUT2D eigenvalue weighted by molar-refractivity contribution is -0.129. The lowest BCUT2D eigenvalue weighted by Gasteiger charge is -2.24. The number of aromatic amines is 1. The van der Waals surface area contributed by atoms with Crippen molar-refractivity contribution in [2.75, 3.05) is 0 Å². The molecule has 0 aromatic carbocycles. The molecule has 7 nitrogen and oxygen atoms in total. The smallest absolute Gasteiger partial charge is 0.242 e. The molecule has 2 atom stereocenters. The van der Waals surface area contributed by atoms with E-state index in [9.17, 15) is 9.59 Å². The van der Waals surface area contributed by atoms with Gasteiger partial charge in [0.2, 0.25) is 11.8 Å². The molecule has 4 N–H and O–H groups in total. The first-order chi connectivity index (χ1) is 9.63. The van der Waals surface area contributed by atoms with Crippen molar-refractivity contribution in [1.29, 1.82) is 0 Å². The second kappa shape index (κ2) is 5.24. The third-order valence-electron chi connectivity index (χ3n) is 3.72. The van der Waals surface area contributed by atoms with Crippen LogP contribution in [0.25, 0.3) is 0 Å². The van der Waals surface area contributed by atoms with Gasteiger partial charge in [0.25, 0.3) is 0 Å². The number of rotatable bonds is 4. The summed E-state index contributed by atoms with van der Waals surface area (Å²) in [5.41, 5.74) is 1.94. The first-order valence-electron chi connectivity index (χ1n) is 6.98. The Morgan fingerprint density at radius 3 is 3.00 bits per heavy atom. The summed E-state index contributed by atoms with van der Waals surface area (Å²) in [6, 6.07) is -0.534. The number of H-pyrrole nitrogens is 1. The molecule has 0 saturated heterocycles. The standard InChI is InChI=1S/C13H19N5O2/c1-7(12(19)18-8-2-3-8)17-13(20)10-4-9-11(5-14-10)16-6-15-9/h6-8,10,14H,2-5H2,1H3,(H,15,16)(H,17,20)(H,18,19). The van der Waals surface area contributed by atoms with Gasteiger partial charge in [-0.25, -0.2) is 4.98 Å². The fraction of sp³-hybridized carbons (Fsp3) is 0.615. The predicted molar refractivity (Wildman–Crippen MR) is 71.7 cm³/mol. The van der Waals surface area contributed by atoms with Crippen LogP contribution in [0.3, 0.4) is 0 Å². The molecule has 1 aromatic heterocycles. The Morgan fingerprint density at radius 1 is 1.45 bits per heavy atom. The minimum atomic E-state index is -0.509. The molecule has 2 unspecified atom stereocenters. The summed E-state index contributed by atoms with van der Waals surface area (Å²) in [7, 11) is 0. The maximum atomic E-state index is 12.2. The molecule has 0 radical (unpaired) electrons. The number of carbonyl (C=O) groups is 2. The summed E-state index contributed by atoms with van der Waals surface area (Å²) in [5.74, 6) is -0.269. The maximum Gasteiger partial charge on any atom is 0.242 e. The van der Waals surface area contributed by atoms with Gasteiger partial charge in [0.1, 0.15) is 6.04 Å². The second-order valence-corrected chi connectivity index (χ2v) is 5.48. The molecule has 108 valence electrons. The van der Waals surface area contributed by atoms with Gasteiger partial charge >= 0.3 is 0 Å². The zero-order valence-corrected chi connectivity index (χ0v) is 11.4. The quantitative estimate of drug-likeness (QED) is 0.579. The van der Waals surface area contributed by atoms with Crippen LogP contribution >= 0.6 is 0 Å². The van der Waals surface area contributed by atoms with Crippen LogP contribution in [0.4, 0.5) is 0 Å². The van der Waals surface area contributed by atoms with Crippen molar-refractivity contribution < 1.29 is 9.59 Å². The highest BCUT2D eigenvalue weighted by Crippen LogP contribution is 2.18. The molecule has 1 aliphatic heterocycles. The third kappa shape index (κ3) is 2.82. The zero-order chi connectivity index (χ0) is 14.1. The summed E-state index contributed by atoms with van der Waals surface area (Å²) in [6.45, 7) is 2.30. The number of carbonyl (C=O) groups excluding carboxylic acids is 2. The normalized spacial score (nSPS) is 22.8. The number of aromatic nitrogens is 2. The predicted octanol–water partition coefficient (Wildman–Crippen LogP) is -0.793. The van der Waals surface area contributed by atoms with Crippen molar-refractivity contribution in [3.8, 4) is 0 Å². The molecule has 0 spiro atoms. The minimum Gasteiger partial charge on any atom is -0.352 e. The number of imidazole rings is 1. The number of hydrogen-bond donors (Lipinski definition) is 4. The average molecular weight is 277 g/mol. The van der Waals surface area contributed by atoms with E-state index in [0.717, 1.165) is 24.2 Å². The van der Waals surface area contributed by atoms with Crippen LogP contribution in [0.2, 0.25) is 0 Å². The van der Waals surface area contributed by atoms with Crippen LogP contribution in [0.15, 0.2) is 6.33 Å². The average Bonchev–Trinajstić information content (AvgIpc) is 3.12. The molecule has 20 heavy (non-hydrogen) atoms. The fourth-order valence-corrected chi connectivity index (χ4v) is 2.29. The van der Waals surface area contributed by atoms with Crippen molar-refractivity contribution in [3.05, 3.63) is 17.7 Å². The van der Waals surface area contributed by atoms with Crippen LogP contribution < -0.4 is 16.0 Å². The number of fused-ring (bicyclic) bond motifs is 1. The van der Waals surface area contributed by atoms with Gasteiger partial charge in [-0.1, -0.05) is 0 Å². The van der Waals surface area contributed by atoms with E-state index >= 15 is 0 Å². The Kier molecular flexibility index (Phi) is 3.43. The Morgan fingerprint density at radius 2 is 2.25 bits per heavy atom. The van der Waals surface area contributed by atoms with Crippen molar-refractivity contribution in [2.24, 2.45) is 0 Å². The van der Waals surface area contributed by atoms with Crippen LogP contribution in [-0.4, -0.2) is 39.9 Å². The molecule has 1 aromatic rings. The largest absolute Gasteiger partial charge is 0.352 e. The van der Waals surface area contributed by atoms with E-state index in [-0.39, 0.29) is 17.9 Å². The second-order valence-electron chi connectivity index (χ2n) is 5.48. The van der Waals surface area contributed by atoms with Crippen molar-refractivity contribution in [2.45, 2.75) is 50.9 Å². The van der Waals surface area contributed by atoms with Gasteiger partial charge in [-0.05, 0) is 19.8 Å². The number of nitrogens with zero attached hydrogens (tertiary/aromatic N) is 1. The fourth-order valence-electron chi connectivity index (χ4n) is 2.29. The van der Waals surface area contributed by atoms with Gasteiger partial charge in [-0.15, -0.1) is 0 Å². The van der Waals surface area contributed by atoms with Gasteiger partial charge in [-0.2, -0.15) is 0 Å². The summed E-state index contributed by atoms with van der Waals surface area (Å²) < 4.78 is 0. The Hall–Kier alpha value is -1.89. The summed E-state index contributed by atoms with van der Waals surface area (Å²) >= 11 is 0. The number of amides is 2. The van der Waals surface area contributed by atoms with Crippen LogP contribution in [0.5, 0.6) is 0 Å². The number of hydrogen-bond acceptors (Lipinski definition) is 4.